The SMILES string of the molecule is C=CCN(CC(=O)N1CC(C)CC(C)C1)Cc1cccs1. The maximum atomic E-state index is 12.6. The standard InChI is InChI=1S/C17H26N2OS/c1-4-7-18(12-16-6-5-8-21-16)13-17(20)19-10-14(2)9-15(3)11-19/h4-6,8,14-15H,1,7,9-13H2,2-3H3. The first kappa shape index (κ1) is 16.2. The summed E-state index contributed by atoms with van der Waals surface area (Å²) in [6, 6.07) is 4.18. The highest BCUT2D eigenvalue weighted by Gasteiger charge is 2.26. The van der Waals surface area contributed by atoms with E-state index in [2.05, 4.69) is 42.8 Å². The van der Waals surface area contributed by atoms with E-state index >= 15 is 0 Å². The molecule has 0 saturated carbocycles. The lowest BCUT2D eigenvalue weighted by molar-refractivity contribution is -0.135. The lowest BCUT2D eigenvalue weighted by Gasteiger charge is -2.36. The minimum absolute atomic E-state index is 0.256. The van der Waals surface area contributed by atoms with Crippen molar-refractivity contribution in [2.75, 3.05) is 26.2 Å². The fourth-order valence-corrected chi connectivity index (χ4v) is 3.89. The summed E-state index contributed by atoms with van der Waals surface area (Å²) in [5.74, 6) is 1.48. The average Bonchev–Trinajstić information content (AvgIpc) is 2.90. The molecule has 4 heteroatoms. The van der Waals surface area contributed by atoms with E-state index in [0.29, 0.717) is 18.4 Å². The molecule has 1 fully saturated rings. The summed E-state index contributed by atoms with van der Waals surface area (Å²) in [5.41, 5.74) is 0. The van der Waals surface area contributed by atoms with E-state index in [0.717, 1.165) is 26.2 Å². The van der Waals surface area contributed by atoms with E-state index in [1.165, 1.54) is 11.3 Å². The van der Waals surface area contributed by atoms with Gasteiger partial charge in [0.05, 0.1) is 6.54 Å². The van der Waals surface area contributed by atoms with Gasteiger partial charge >= 0.3 is 0 Å². The molecule has 0 radical (unpaired) electrons. The molecule has 0 spiro atoms. The molecule has 0 bridgehead atoms. The van der Waals surface area contributed by atoms with E-state index in [-0.39, 0.29) is 5.91 Å². The van der Waals surface area contributed by atoms with Crippen LogP contribution in [0, 0.1) is 11.8 Å². The van der Waals surface area contributed by atoms with Crippen LogP contribution in [0.2, 0.25) is 0 Å². The van der Waals surface area contributed by atoms with Crippen LogP contribution in [-0.2, 0) is 11.3 Å². The van der Waals surface area contributed by atoms with Crippen molar-refractivity contribution in [3.05, 3.63) is 35.0 Å². The van der Waals surface area contributed by atoms with Gasteiger partial charge in [0, 0.05) is 31.1 Å². The predicted molar refractivity (Wildman–Crippen MR) is 89.3 cm³/mol. The third-order valence-corrected chi connectivity index (χ3v) is 4.79. The lowest BCUT2D eigenvalue weighted by Crippen LogP contribution is -2.46. The number of rotatable bonds is 6. The molecule has 1 aliphatic heterocycles. The largest absolute Gasteiger partial charge is 0.341 e. The van der Waals surface area contributed by atoms with E-state index in [4.69, 9.17) is 0 Å². The maximum Gasteiger partial charge on any atom is 0.236 e. The summed E-state index contributed by atoms with van der Waals surface area (Å²) in [6.07, 6.45) is 3.11. The number of likely N-dealkylation sites (tertiary alicyclic amines) is 1. The number of carbonyl (C=O) groups excluding carboxylic acids is 1. The Labute approximate surface area is 132 Å². The lowest BCUT2D eigenvalue weighted by atomic mass is 9.92. The van der Waals surface area contributed by atoms with Gasteiger partial charge in [-0.05, 0) is 29.7 Å². The van der Waals surface area contributed by atoms with Crippen LogP contribution < -0.4 is 0 Å². The molecule has 21 heavy (non-hydrogen) atoms. The highest BCUT2D eigenvalue weighted by Crippen LogP contribution is 2.21. The highest BCUT2D eigenvalue weighted by molar-refractivity contribution is 7.09. The van der Waals surface area contributed by atoms with Gasteiger partial charge in [0.1, 0.15) is 0 Å². The zero-order valence-electron chi connectivity index (χ0n) is 13.1. The molecule has 1 amide bonds. The number of amides is 1. The molecule has 116 valence electrons. The second kappa shape index (κ2) is 7.76. The molecule has 0 aromatic carbocycles. The third-order valence-electron chi connectivity index (χ3n) is 3.93. The second-order valence-corrected chi connectivity index (χ2v) is 7.31. The van der Waals surface area contributed by atoms with Crippen LogP contribution in [0.3, 0.4) is 0 Å². The predicted octanol–water partition coefficient (Wildman–Crippen LogP) is 3.24. The van der Waals surface area contributed by atoms with Crippen molar-refractivity contribution in [1.82, 2.24) is 9.80 Å². The van der Waals surface area contributed by atoms with Crippen LogP contribution in [0.25, 0.3) is 0 Å². The van der Waals surface area contributed by atoms with E-state index < -0.39 is 0 Å². The maximum absolute atomic E-state index is 12.6. The Balaban J connectivity index is 1.92. The minimum Gasteiger partial charge on any atom is -0.341 e. The van der Waals surface area contributed by atoms with Crippen molar-refractivity contribution in [3.8, 4) is 0 Å². The number of carbonyl (C=O) groups is 1. The molecule has 2 atom stereocenters. The summed E-state index contributed by atoms with van der Waals surface area (Å²) >= 11 is 1.74. The summed E-state index contributed by atoms with van der Waals surface area (Å²) in [7, 11) is 0. The third kappa shape index (κ3) is 4.97. The molecule has 0 aliphatic carbocycles. The molecule has 1 aromatic heterocycles. The smallest absolute Gasteiger partial charge is 0.236 e. The molecule has 0 N–H and O–H groups in total. The first-order valence-corrected chi connectivity index (χ1v) is 8.59. The van der Waals surface area contributed by atoms with E-state index in [1.807, 2.05) is 11.0 Å². The molecular formula is C17H26N2OS. The molecule has 2 rings (SSSR count). The van der Waals surface area contributed by atoms with Crippen molar-refractivity contribution in [2.45, 2.75) is 26.8 Å². The first-order valence-electron chi connectivity index (χ1n) is 7.72. The monoisotopic (exact) mass is 306 g/mol. The van der Waals surface area contributed by atoms with Crippen molar-refractivity contribution in [1.29, 1.82) is 0 Å². The van der Waals surface area contributed by atoms with Gasteiger partial charge in [0.15, 0.2) is 0 Å². The van der Waals surface area contributed by atoms with Crippen LogP contribution in [0.5, 0.6) is 0 Å². The van der Waals surface area contributed by atoms with Crippen molar-refractivity contribution in [3.63, 3.8) is 0 Å². The zero-order chi connectivity index (χ0) is 15.2. The molecule has 2 unspecified atom stereocenters. The topological polar surface area (TPSA) is 23.6 Å². The molecule has 1 saturated heterocycles. The molecule has 1 aromatic rings. The number of nitrogens with zero attached hydrogens (tertiary/aromatic N) is 2. The first-order chi connectivity index (χ1) is 10.1. The van der Waals surface area contributed by atoms with Crippen LogP contribution in [0.1, 0.15) is 25.1 Å². The molecule has 3 nitrogen and oxygen atoms in total. The number of piperidine rings is 1. The van der Waals surface area contributed by atoms with Gasteiger partial charge in [0.25, 0.3) is 0 Å². The molecule has 1 aliphatic rings. The van der Waals surface area contributed by atoms with E-state index in [9.17, 15) is 4.79 Å². The van der Waals surface area contributed by atoms with Gasteiger partial charge in [-0.2, -0.15) is 0 Å². The number of thiophene rings is 1. The minimum atomic E-state index is 0.256. The van der Waals surface area contributed by atoms with Gasteiger partial charge < -0.3 is 4.90 Å². The Morgan fingerprint density at radius 3 is 2.76 bits per heavy atom. The fourth-order valence-electron chi connectivity index (χ4n) is 3.15. The van der Waals surface area contributed by atoms with Gasteiger partial charge in [-0.15, -0.1) is 17.9 Å². The Hall–Kier alpha value is -1.13. The molecule has 2 heterocycles. The van der Waals surface area contributed by atoms with Gasteiger partial charge in [0.2, 0.25) is 5.91 Å². The van der Waals surface area contributed by atoms with Crippen LogP contribution in [0.4, 0.5) is 0 Å². The second-order valence-electron chi connectivity index (χ2n) is 6.28. The Morgan fingerprint density at radius 1 is 1.48 bits per heavy atom. The van der Waals surface area contributed by atoms with E-state index in [1.54, 1.807) is 11.3 Å². The summed E-state index contributed by atoms with van der Waals surface area (Å²) in [4.78, 5) is 18.1. The van der Waals surface area contributed by atoms with Crippen molar-refractivity contribution >= 4 is 17.2 Å². The Kier molecular flexibility index (Phi) is 6.00. The van der Waals surface area contributed by atoms with Gasteiger partial charge in [-0.25, -0.2) is 0 Å². The summed E-state index contributed by atoms with van der Waals surface area (Å²) < 4.78 is 0. The van der Waals surface area contributed by atoms with Crippen molar-refractivity contribution in [2.24, 2.45) is 11.8 Å². The summed E-state index contributed by atoms with van der Waals surface area (Å²) in [5, 5.41) is 2.08. The normalized spacial score (nSPS) is 22.5. The number of hydrogen-bond acceptors (Lipinski definition) is 3. The van der Waals surface area contributed by atoms with Crippen LogP contribution in [-0.4, -0.2) is 41.9 Å². The van der Waals surface area contributed by atoms with Gasteiger partial charge in [-0.1, -0.05) is 26.0 Å². The highest BCUT2D eigenvalue weighted by atomic mass is 32.1. The Morgan fingerprint density at radius 2 is 2.19 bits per heavy atom. The van der Waals surface area contributed by atoms with Crippen LogP contribution >= 0.6 is 11.3 Å². The quantitative estimate of drug-likeness (QED) is 0.753. The zero-order valence-corrected chi connectivity index (χ0v) is 13.9. The number of hydrogen-bond donors (Lipinski definition) is 0. The average molecular weight is 306 g/mol. The fraction of sp³-hybridized carbons (Fsp3) is 0.588. The van der Waals surface area contributed by atoms with Gasteiger partial charge in [-0.3, -0.25) is 9.69 Å². The van der Waals surface area contributed by atoms with Crippen molar-refractivity contribution < 1.29 is 4.79 Å². The van der Waals surface area contributed by atoms with Crippen LogP contribution in [0.15, 0.2) is 30.2 Å². The Bertz CT molecular complexity index is 447. The summed E-state index contributed by atoms with van der Waals surface area (Å²) in [6.45, 7) is 12.2. The molecular weight excluding hydrogens is 280 g/mol.